The number of para-hydroxylation sites is 1. The van der Waals surface area contributed by atoms with E-state index in [1.54, 1.807) is 24.3 Å². The zero-order valence-corrected chi connectivity index (χ0v) is 10.6. The van der Waals surface area contributed by atoms with Gasteiger partial charge in [-0.2, -0.15) is 0 Å². The van der Waals surface area contributed by atoms with Crippen molar-refractivity contribution in [2.75, 3.05) is 5.32 Å². The highest BCUT2D eigenvalue weighted by atomic mass is 19.1. The van der Waals surface area contributed by atoms with Gasteiger partial charge in [-0.25, -0.2) is 4.39 Å². The fourth-order valence-electron chi connectivity index (χ4n) is 2.56. The summed E-state index contributed by atoms with van der Waals surface area (Å²) in [6, 6.07) is 14.5. The number of anilines is 1. The van der Waals surface area contributed by atoms with Crippen molar-refractivity contribution in [3.05, 3.63) is 65.2 Å². The number of rotatable bonds is 2. The van der Waals surface area contributed by atoms with E-state index in [0.717, 1.165) is 11.1 Å². The number of fused-ring (bicyclic) bond motifs is 1. The third kappa shape index (κ3) is 1.91. The molecule has 2 nitrogen and oxygen atoms in total. The first-order valence-corrected chi connectivity index (χ1v) is 6.25. The molecular weight excluding hydrogens is 241 g/mol. The molecule has 0 bridgehead atoms. The van der Waals surface area contributed by atoms with E-state index >= 15 is 4.39 Å². The molecule has 96 valence electrons. The maximum atomic E-state index is 15.1. The molecule has 1 amide bonds. The van der Waals surface area contributed by atoms with Crippen LogP contribution in [0.3, 0.4) is 0 Å². The predicted molar refractivity (Wildman–Crippen MR) is 72.7 cm³/mol. The second-order valence-electron chi connectivity index (χ2n) is 4.97. The average Bonchev–Trinajstić information content (AvgIpc) is 2.62. The van der Waals surface area contributed by atoms with E-state index in [-0.39, 0.29) is 6.42 Å². The molecule has 3 rings (SSSR count). The molecule has 1 heterocycles. The van der Waals surface area contributed by atoms with Crippen LogP contribution in [0.5, 0.6) is 0 Å². The van der Waals surface area contributed by atoms with Crippen molar-refractivity contribution < 1.29 is 9.18 Å². The first kappa shape index (κ1) is 11.9. The summed E-state index contributed by atoms with van der Waals surface area (Å²) in [7, 11) is 0. The molecule has 2 aromatic carbocycles. The molecule has 1 atom stereocenters. The molecule has 0 saturated heterocycles. The number of aryl methyl sites for hydroxylation is 1. The summed E-state index contributed by atoms with van der Waals surface area (Å²) in [6.45, 7) is 1.96. The number of hydrogen-bond donors (Lipinski definition) is 1. The van der Waals surface area contributed by atoms with Crippen LogP contribution in [0.4, 0.5) is 10.1 Å². The number of amides is 1. The molecular formula is C16H14FNO. The van der Waals surface area contributed by atoms with Gasteiger partial charge in [0.1, 0.15) is 0 Å². The van der Waals surface area contributed by atoms with Gasteiger partial charge in [-0.3, -0.25) is 4.79 Å². The van der Waals surface area contributed by atoms with Crippen LogP contribution in [0.1, 0.15) is 16.7 Å². The standard InChI is InChI=1S/C16H14FNO/c1-11-5-4-6-12(9-11)10-16(17)13-7-2-3-8-14(13)18-15(16)19/h2-9H,10H2,1H3,(H,18,19)/t16-/m1/s1. The Balaban J connectivity index is 2.01. The lowest BCUT2D eigenvalue weighted by atomic mass is 9.89. The molecule has 2 aromatic rings. The minimum atomic E-state index is -1.97. The molecule has 0 fully saturated rings. The largest absolute Gasteiger partial charge is 0.323 e. The fourth-order valence-corrected chi connectivity index (χ4v) is 2.56. The molecule has 3 heteroatoms. The highest BCUT2D eigenvalue weighted by Gasteiger charge is 2.47. The van der Waals surface area contributed by atoms with Crippen molar-refractivity contribution in [2.24, 2.45) is 0 Å². The minimum Gasteiger partial charge on any atom is -0.323 e. The third-order valence-corrected chi connectivity index (χ3v) is 3.49. The summed E-state index contributed by atoms with van der Waals surface area (Å²) in [5.41, 5.74) is 0.927. The van der Waals surface area contributed by atoms with Crippen molar-refractivity contribution >= 4 is 11.6 Å². The molecule has 0 unspecified atom stereocenters. The van der Waals surface area contributed by atoms with Crippen LogP contribution in [0.2, 0.25) is 0 Å². The Hall–Kier alpha value is -2.16. The maximum absolute atomic E-state index is 15.1. The molecule has 19 heavy (non-hydrogen) atoms. The molecule has 0 saturated carbocycles. The van der Waals surface area contributed by atoms with E-state index in [4.69, 9.17) is 0 Å². The zero-order valence-electron chi connectivity index (χ0n) is 10.6. The summed E-state index contributed by atoms with van der Waals surface area (Å²) in [5, 5.41) is 2.61. The Kier molecular flexibility index (Phi) is 2.63. The number of carbonyl (C=O) groups is 1. The summed E-state index contributed by atoms with van der Waals surface area (Å²) < 4.78 is 15.1. The maximum Gasteiger partial charge on any atom is 0.267 e. The van der Waals surface area contributed by atoms with E-state index in [9.17, 15) is 4.79 Å². The summed E-state index contributed by atoms with van der Waals surface area (Å²) in [6.07, 6.45) is 0.0670. The van der Waals surface area contributed by atoms with Crippen LogP contribution in [0, 0.1) is 6.92 Å². The van der Waals surface area contributed by atoms with E-state index in [0.29, 0.717) is 11.3 Å². The Morgan fingerprint density at radius 3 is 2.74 bits per heavy atom. The second kappa shape index (κ2) is 4.19. The first-order valence-electron chi connectivity index (χ1n) is 6.25. The molecule has 0 aromatic heterocycles. The Morgan fingerprint density at radius 2 is 1.95 bits per heavy atom. The highest BCUT2D eigenvalue weighted by molar-refractivity contribution is 6.05. The van der Waals surface area contributed by atoms with Crippen LogP contribution in [0.15, 0.2) is 48.5 Å². The lowest BCUT2D eigenvalue weighted by Crippen LogP contribution is -2.31. The van der Waals surface area contributed by atoms with E-state index in [1.807, 2.05) is 31.2 Å². The normalized spacial score (nSPS) is 21.1. The van der Waals surface area contributed by atoms with Crippen LogP contribution in [-0.2, 0) is 16.9 Å². The average molecular weight is 255 g/mol. The quantitative estimate of drug-likeness (QED) is 0.876. The third-order valence-electron chi connectivity index (χ3n) is 3.49. The second-order valence-corrected chi connectivity index (χ2v) is 4.97. The topological polar surface area (TPSA) is 29.1 Å². The van der Waals surface area contributed by atoms with Crippen molar-refractivity contribution in [3.63, 3.8) is 0 Å². The smallest absolute Gasteiger partial charge is 0.267 e. The van der Waals surface area contributed by atoms with Gasteiger partial charge >= 0.3 is 0 Å². The van der Waals surface area contributed by atoms with E-state index in [2.05, 4.69) is 5.32 Å². The molecule has 1 N–H and O–H groups in total. The van der Waals surface area contributed by atoms with Crippen LogP contribution < -0.4 is 5.32 Å². The SMILES string of the molecule is Cc1cccc(C[C@]2(F)C(=O)Nc3ccccc32)c1. The zero-order chi connectivity index (χ0) is 13.5. The minimum absolute atomic E-state index is 0.0670. The van der Waals surface area contributed by atoms with Crippen molar-refractivity contribution in [2.45, 2.75) is 19.0 Å². The number of alkyl halides is 1. The number of nitrogens with one attached hydrogen (secondary N) is 1. The molecule has 0 aliphatic carbocycles. The van der Waals surface area contributed by atoms with Gasteiger partial charge in [0.15, 0.2) is 0 Å². The lowest BCUT2D eigenvalue weighted by molar-refractivity contribution is -0.126. The monoisotopic (exact) mass is 255 g/mol. The number of carbonyl (C=O) groups excluding carboxylic acids is 1. The van der Waals surface area contributed by atoms with Crippen molar-refractivity contribution in [1.29, 1.82) is 0 Å². The molecule has 1 aliphatic rings. The fraction of sp³-hybridized carbons (Fsp3) is 0.188. The molecule has 0 spiro atoms. The summed E-state index contributed by atoms with van der Waals surface area (Å²) in [4.78, 5) is 12.0. The predicted octanol–water partition coefficient (Wildman–Crippen LogP) is 3.35. The summed E-state index contributed by atoms with van der Waals surface area (Å²) in [5.74, 6) is -0.574. The van der Waals surface area contributed by atoms with Crippen LogP contribution in [-0.4, -0.2) is 5.91 Å². The van der Waals surface area contributed by atoms with Gasteiger partial charge in [-0.1, -0.05) is 48.0 Å². The Morgan fingerprint density at radius 1 is 1.16 bits per heavy atom. The first-order chi connectivity index (χ1) is 9.09. The van der Waals surface area contributed by atoms with Crippen molar-refractivity contribution in [3.8, 4) is 0 Å². The number of halogens is 1. The van der Waals surface area contributed by atoms with Gasteiger partial charge in [0, 0.05) is 17.7 Å². The van der Waals surface area contributed by atoms with Gasteiger partial charge in [-0.05, 0) is 18.6 Å². The van der Waals surface area contributed by atoms with Crippen LogP contribution in [0.25, 0.3) is 0 Å². The Bertz CT molecular complexity index is 653. The Labute approximate surface area is 111 Å². The van der Waals surface area contributed by atoms with Crippen molar-refractivity contribution in [1.82, 2.24) is 0 Å². The number of hydrogen-bond acceptors (Lipinski definition) is 1. The summed E-state index contributed by atoms with van der Waals surface area (Å²) >= 11 is 0. The van der Waals surface area contributed by atoms with Gasteiger partial charge in [0.25, 0.3) is 5.91 Å². The van der Waals surface area contributed by atoms with Gasteiger partial charge < -0.3 is 5.32 Å². The van der Waals surface area contributed by atoms with E-state index < -0.39 is 11.6 Å². The van der Waals surface area contributed by atoms with Crippen LogP contribution >= 0.6 is 0 Å². The number of benzene rings is 2. The molecule has 0 radical (unpaired) electrons. The van der Waals surface area contributed by atoms with Gasteiger partial charge in [0.2, 0.25) is 5.67 Å². The van der Waals surface area contributed by atoms with E-state index in [1.165, 1.54) is 0 Å². The lowest BCUT2D eigenvalue weighted by Gasteiger charge is -2.18. The molecule has 1 aliphatic heterocycles. The van der Waals surface area contributed by atoms with Gasteiger partial charge in [-0.15, -0.1) is 0 Å². The van der Waals surface area contributed by atoms with Gasteiger partial charge in [0.05, 0.1) is 0 Å². The highest BCUT2D eigenvalue weighted by Crippen LogP contribution is 2.41.